The van der Waals surface area contributed by atoms with Gasteiger partial charge in [0, 0.05) is 19.1 Å². The van der Waals surface area contributed by atoms with Gasteiger partial charge in [-0.25, -0.2) is 16.9 Å². The largest absolute Gasteiger partial charge is 0.487 e. The number of fused-ring (bicyclic) bond motifs is 2. The number of likely N-dealkylation sites (N-methyl/N-ethyl adjacent to an activating group) is 1. The van der Waals surface area contributed by atoms with Gasteiger partial charge in [0.2, 0.25) is 0 Å². The first-order chi connectivity index (χ1) is 11.4. The molecule has 0 bridgehead atoms. The van der Waals surface area contributed by atoms with Crippen LogP contribution in [-0.4, -0.2) is 56.5 Å². The molecule has 9 heteroatoms. The average molecular weight is 445 g/mol. The van der Waals surface area contributed by atoms with Gasteiger partial charge in [0.15, 0.2) is 17.2 Å². The van der Waals surface area contributed by atoms with E-state index < -0.39 is 11.5 Å². The standard InChI is InChI=1S/C15H17FIN5O2/c1-7-4-20(3)5-9-6-24-12-10-13(21(7)9)19-15(23)22(17)14(10)18-8(2)11(12)16/h7,9H,4-6H2,1-3H3. The molecule has 1 fully saturated rings. The molecule has 0 aromatic carbocycles. The van der Waals surface area contributed by atoms with Gasteiger partial charge in [0.1, 0.15) is 17.8 Å². The van der Waals surface area contributed by atoms with E-state index in [0.717, 1.165) is 13.1 Å². The summed E-state index contributed by atoms with van der Waals surface area (Å²) in [5.74, 6) is 0.142. The van der Waals surface area contributed by atoms with Crippen molar-refractivity contribution in [3.63, 3.8) is 0 Å². The summed E-state index contributed by atoms with van der Waals surface area (Å²) >= 11 is 1.85. The Morgan fingerprint density at radius 1 is 1.33 bits per heavy atom. The van der Waals surface area contributed by atoms with Crippen LogP contribution in [0, 0.1) is 12.7 Å². The lowest BCUT2D eigenvalue weighted by Crippen LogP contribution is -2.59. The zero-order chi connectivity index (χ0) is 17.2. The molecule has 0 radical (unpaired) electrons. The van der Waals surface area contributed by atoms with Gasteiger partial charge in [0.05, 0.1) is 34.6 Å². The highest BCUT2D eigenvalue weighted by Gasteiger charge is 2.38. The second-order valence-electron chi connectivity index (χ2n) is 6.48. The second-order valence-corrected chi connectivity index (χ2v) is 7.44. The minimum Gasteiger partial charge on any atom is -0.487 e. The Hall–Kier alpha value is -1.49. The zero-order valence-electron chi connectivity index (χ0n) is 13.6. The van der Waals surface area contributed by atoms with Crippen LogP contribution >= 0.6 is 22.9 Å². The highest BCUT2D eigenvalue weighted by molar-refractivity contribution is 14.1. The molecular formula is C15H17FIN5O2. The first-order valence-corrected chi connectivity index (χ1v) is 8.73. The third-order valence-electron chi connectivity index (χ3n) is 4.65. The number of aromatic nitrogens is 3. The van der Waals surface area contributed by atoms with Crippen molar-refractivity contribution >= 4 is 39.7 Å². The van der Waals surface area contributed by atoms with Crippen molar-refractivity contribution in [1.82, 2.24) is 17.6 Å². The summed E-state index contributed by atoms with van der Waals surface area (Å²) in [5.41, 5.74) is 0.199. The van der Waals surface area contributed by atoms with Crippen LogP contribution in [0.5, 0.6) is 5.75 Å². The first-order valence-electron chi connectivity index (χ1n) is 7.77. The molecule has 0 aliphatic carbocycles. The first kappa shape index (κ1) is 16.0. The number of aryl methyl sites for hydroxylation is 1. The maximum Gasteiger partial charge on any atom is 0.360 e. The van der Waals surface area contributed by atoms with E-state index in [1.54, 1.807) is 6.92 Å². The van der Waals surface area contributed by atoms with Crippen LogP contribution in [0.4, 0.5) is 10.2 Å². The van der Waals surface area contributed by atoms with Gasteiger partial charge in [-0.2, -0.15) is 4.98 Å². The Morgan fingerprint density at radius 2 is 2.08 bits per heavy atom. The molecule has 0 amide bonds. The number of anilines is 1. The fourth-order valence-electron chi connectivity index (χ4n) is 3.70. The molecule has 2 unspecified atom stereocenters. The lowest BCUT2D eigenvalue weighted by atomic mass is 10.1. The van der Waals surface area contributed by atoms with Crippen molar-refractivity contribution in [2.24, 2.45) is 0 Å². The van der Waals surface area contributed by atoms with Crippen molar-refractivity contribution in [1.29, 1.82) is 0 Å². The van der Waals surface area contributed by atoms with E-state index in [0.29, 0.717) is 23.5 Å². The van der Waals surface area contributed by atoms with E-state index in [4.69, 9.17) is 4.74 Å². The van der Waals surface area contributed by atoms with Crippen LogP contribution in [0.1, 0.15) is 12.6 Å². The molecule has 7 nitrogen and oxygen atoms in total. The SMILES string of the molecule is Cc1nc2c3c(nc(=O)n2I)N2C(C)CN(C)CC2COc3c1F. The fourth-order valence-corrected chi connectivity index (χ4v) is 4.16. The number of nitrogens with zero attached hydrogens (tertiary/aromatic N) is 5. The summed E-state index contributed by atoms with van der Waals surface area (Å²) in [6.07, 6.45) is 0. The van der Waals surface area contributed by atoms with E-state index >= 15 is 0 Å². The van der Waals surface area contributed by atoms with E-state index in [1.807, 2.05) is 29.9 Å². The van der Waals surface area contributed by atoms with Gasteiger partial charge in [-0.05, 0) is 20.9 Å². The van der Waals surface area contributed by atoms with Crippen LogP contribution in [-0.2, 0) is 0 Å². The molecule has 0 N–H and O–H groups in total. The number of hydrogen-bond acceptors (Lipinski definition) is 6. The molecule has 0 spiro atoms. The zero-order valence-corrected chi connectivity index (χ0v) is 15.7. The summed E-state index contributed by atoms with van der Waals surface area (Å²) in [7, 11) is 2.05. The average Bonchev–Trinajstić information content (AvgIpc) is 2.67. The van der Waals surface area contributed by atoms with Crippen LogP contribution in [0.3, 0.4) is 0 Å². The van der Waals surface area contributed by atoms with Crippen LogP contribution < -0.4 is 15.3 Å². The molecule has 4 rings (SSSR count). The lowest BCUT2D eigenvalue weighted by molar-refractivity contribution is 0.183. The third kappa shape index (κ3) is 2.20. The Labute approximate surface area is 151 Å². The Balaban J connectivity index is 2.08. The van der Waals surface area contributed by atoms with Crippen LogP contribution in [0.15, 0.2) is 4.79 Å². The molecule has 24 heavy (non-hydrogen) atoms. The van der Waals surface area contributed by atoms with Crippen molar-refractivity contribution in [3.8, 4) is 5.75 Å². The normalized spacial score (nSPS) is 23.8. The smallest absolute Gasteiger partial charge is 0.360 e. The summed E-state index contributed by atoms with van der Waals surface area (Å²) in [6.45, 7) is 5.60. The predicted octanol–water partition coefficient (Wildman–Crippen LogP) is 1.34. The number of hydrogen-bond donors (Lipinski definition) is 0. The molecular weight excluding hydrogens is 428 g/mol. The van der Waals surface area contributed by atoms with Crippen molar-refractivity contribution in [2.45, 2.75) is 25.9 Å². The molecule has 2 atom stereocenters. The Morgan fingerprint density at radius 3 is 2.83 bits per heavy atom. The van der Waals surface area contributed by atoms with E-state index in [1.165, 1.54) is 2.78 Å². The highest BCUT2D eigenvalue weighted by Crippen LogP contribution is 2.39. The topological polar surface area (TPSA) is 63.5 Å². The Bertz CT molecular complexity index is 902. The fraction of sp³-hybridized carbons (Fsp3) is 0.533. The van der Waals surface area contributed by atoms with E-state index in [2.05, 4.69) is 26.7 Å². The quantitative estimate of drug-likeness (QED) is 0.571. The monoisotopic (exact) mass is 445 g/mol. The van der Waals surface area contributed by atoms with Gasteiger partial charge < -0.3 is 14.5 Å². The summed E-state index contributed by atoms with van der Waals surface area (Å²) in [5, 5.41) is 0.478. The van der Waals surface area contributed by atoms with E-state index in [9.17, 15) is 9.18 Å². The molecule has 0 saturated carbocycles. The van der Waals surface area contributed by atoms with Crippen LogP contribution in [0.25, 0.3) is 11.0 Å². The summed E-state index contributed by atoms with van der Waals surface area (Å²) in [6, 6.07) is 0.138. The van der Waals surface area contributed by atoms with Gasteiger partial charge in [-0.1, -0.05) is 0 Å². The molecule has 2 aromatic rings. The molecule has 4 heterocycles. The van der Waals surface area contributed by atoms with Gasteiger partial charge in [0.25, 0.3) is 0 Å². The van der Waals surface area contributed by atoms with Gasteiger partial charge >= 0.3 is 5.69 Å². The molecule has 128 valence electrons. The number of pyridine rings is 1. The Kier molecular flexibility index (Phi) is 3.68. The summed E-state index contributed by atoms with van der Waals surface area (Å²) in [4.78, 5) is 25.2. The van der Waals surface area contributed by atoms with Crippen molar-refractivity contribution in [2.75, 3.05) is 31.6 Å². The maximum absolute atomic E-state index is 14.7. The summed E-state index contributed by atoms with van der Waals surface area (Å²) < 4.78 is 21.8. The third-order valence-corrected chi connectivity index (χ3v) is 5.52. The molecule has 2 aliphatic rings. The minimum absolute atomic E-state index is 0.00557. The maximum atomic E-state index is 14.7. The molecule has 2 aromatic heterocycles. The van der Waals surface area contributed by atoms with Crippen LogP contribution in [0.2, 0.25) is 0 Å². The van der Waals surface area contributed by atoms with E-state index in [-0.39, 0.29) is 23.5 Å². The number of rotatable bonds is 0. The molecule has 2 aliphatic heterocycles. The predicted molar refractivity (Wildman–Crippen MR) is 96.6 cm³/mol. The second kappa shape index (κ2) is 5.51. The van der Waals surface area contributed by atoms with Crippen molar-refractivity contribution in [3.05, 3.63) is 22.0 Å². The van der Waals surface area contributed by atoms with Gasteiger partial charge in [-0.3, -0.25) is 0 Å². The minimum atomic E-state index is -0.485. The van der Waals surface area contributed by atoms with Gasteiger partial charge in [-0.15, -0.1) is 0 Å². The number of halogens is 2. The highest BCUT2D eigenvalue weighted by atomic mass is 127. The number of ether oxygens (including phenoxy) is 1. The van der Waals surface area contributed by atoms with Crippen molar-refractivity contribution < 1.29 is 9.13 Å². The molecule has 1 saturated heterocycles. The number of piperazine rings is 1. The lowest BCUT2D eigenvalue weighted by Gasteiger charge is -2.44.